The molecule has 0 aromatic carbocycles. The normalized spacial score (nSPS) is 16.8. The highest BCUT2D eigenvalue weighted by atomic mass is 32.1. The number of thiophene rings is 2. The minimum Gasteiger partial charge on any atom is -0.302 e. The van der Waals surface area contributed by atoms with E-state index in [0.29, 0.717) is 23.2 Å². The van der Waals surface area contributed by atoms with Gasteiger partial charge < -0.3 is 4.90 Å². The number of aryl methyl sites for hydroxylation is 1. The lowest BCUT2D eigenvalue weighted by Gasteiger charge is -2.18. The summed E-state index contributed by atoms with van der Waals surface area (Å²) in [6, 6.07) is 3.67. The van der Waals surface area contributed by atoms with E-state index >= 15 is 0 Å². The van der Waals surface area contributed by atoms with Crippen molar-refractivity contribution in [2.45, 2.75) is 39.3 Å². The molecular formula is C20H23N3O2S2. The SMILES string of the molecule is CC1CCc2c(sc3nc(CN(C)C)n(CC(=O)c4cccs4)c(=O)c23)C1. The molecule has 3 aromatic rings. The van der Waals surface area contributed by atoms with Crippen LogP contribution in [0.3, 0.4) is 0 Å². The van der Waals surface area contributed by atoms with E-state index in [1.54, 1.807) is 15.9 Å². The fourth-order valence-electron chi connectivity index (χ4n) is 3.69. The van der Waals surface area contributed by atoms with Gasteiger partial charge in [-0.2, -0.15) is 0 Å². The summed E-state index contributed by atoms with van der Waals surface area (Å²) >= 11 is 3.07. The second-order valence-electron chi connectivity index (χ2n) is 7.59. The van der Waals surface area contributed by atoms with Gasteiger partial charge in [0.25, 0.3) is 5.56 Å². The molecule has 0 N–H and O–H groups in total. The van der Waals surface area contributed by atoms with E-state index < -0.39 is 0 Å². The van der Waals surface area contributed by atoms with Crippen molar-refractivity contribution in [3.63, 3.8) is 0 Å². The maximum absolute atomic E-state index is 13.4. The molecule has 1 atom stereocenters. The number of fused-ring (bicyclic) bond motifs is 3. The van der Waals surface area contributed by atoms with E-state index in [2.05, 4.69) is 6.92 Å². The van der Waals surface area contributed by atoms with Gasteiger partial charge in [-0.15, -0.1) is 22.7 Å². The summed E-state index contributed by atoms with van der Waals surface area (Å²) in [6.07, 6.45) is 3.05. The topological polar surface area (TPSA) is 55.2 Å². The average molecular weight is 402 g/mol. The molecule has 27 heavy (non-hydrogen) atoms. The lowest BCUT2D eigenvalue weighted by Crippen LogP contribution is -2.31. The van der Waals surface area contributed by atoms with Gasteiger partial charge in [0.15, 0.2) is 5.78 Å². The number of ketones is 1. The quantitative estimate of drug-likeness (QED) is 0.613. The van der Waals surface area contributed by atoms with Crippen LogP contribution in [0, 0.1) is 5.92 Å². The Labute approximate surface area is 166 Å². The van der Waals surface area contributed by atoms with Gasteiger partial charge in [0, 0.05) is 4.88 Å². The number of carbonyl (C=O) groups excluding carboxylic acids is 1. The van der Waals surface area contributed by atoms with Crippen LogP contribution in [0.5, 0.6) is 0 Å². The van der Waals surface area contributed by atoms with E-state index in [1.165, 1.54) is 21.8 Å². The Hall–Kier alpha value is -1.83. The van der Waals surface area contributed by atoms with Gasteiger partial charge >= 0.3 is 0 Å². The van der Waals surface area contributed by atoms with Crippen LogP contribution in [0.4, 0.5) is 0 Å². The predicted octanol–water partition coefficient (Wildman–Crippen LogP) is 3.59. The molecule has 0 saturated heterocycles. The molecule has 0 amide bonds. The Morgan fingerprint density at radius 2 is 2.22 bits per heavy atom. The molecule has 0 spiro atoms. The molecule has 3 heterocycles. The lowest BCUT2D eigenvalue weighted by atomic mass is 9.89. The number of hydrogen-bond acceptors (Lipinski definition) is 6. The largest absolute Gasteiger partial charge is 0.302 e. The second kappa shape index (κ2) is 7.30. The third kappa shape index (κ3) is 3.51. The van der Waals surface area contributed by atoms with Gasteiger partial charge in [-0.1, -0.05) is 13.0 Å². The Kier molecular flexibility index (Phi) is 5.01. The highest BCUT2D eigenvalue weighted by molar-refractivity contribution is 7.18. The highest BCUT2D eigenvalue weighted by Gasteiger charge is 2.25. The number of hydrogen-bond donors (Lipinski definition) is 0. The minimum absolute atomic E-state index is 0.0361. The third-order valence-corrected chi connectivity index (χ3v) is 7.11. The molecule has 5 nitrogen and oxygen atoms in total. The van der Waals surface area contributed by atoms with E-state index in [4.69, 9.17) is 4.98 Å². The molecule has 0 fully saturated rings. The van der Waals surface area contributed by atoms with Gasteiger partial charge in [0.05, 0.1) is 23.4 Å². The molecule has 142 valence electrons. The molecule has 0 aliphatic heterocycles. The fourth-order valence-corrected chi connectivity index (χ4v) is 5.74. The molecule has 1 aliphatic carbocycles. The van der Waals surface area contributed by atoms with Crippen LogP contribution in [0.25, 0.3) is 10.2 Å². The first kappa shape index (κ1) is 18.5. The van der Waals surface area contributed by atoms with Crippen molar-refractivity contribution >= 4 is 38.7 Å². The monoisotopic (exact) mass is 401 g/mol. The molecular weight excluding hydrogens is 378 g/mol. The Morgan fingerprint density at radius 3 is 2.93 bits per heavy atom. The van der Waals surface area contributed by atoms with Crippen LogP contribution >= 0.6 is 22.7 Å². The zero-order valence-electron chi connectivity index (χ0n) is 15.8. The Morgan fingerprint density at radius 1 is 1.41 bits per heavy atom. The van der Waals surface area contributed by atoms with Crippen molar-refractivity contribution in [3.8, 4) is 0 Å². The Balaban J connectivity index is 1.85. The first-order valence-corrected chi connectivity index (χ1v) is 10.9. The standard InChI is InChI=1S/C20H23N3O2S2/c1-12-6-7-13-16(9-12)27-19-18(13)20(25)23(17(21-19)11-22(2)3)10-14(24)15-5-4-8-26-15/h4-5,8,12H,6-7,9-11H2,1-3H3. The van der Waals surface area contributed by atoms with E-state index in [9.17, 15) is 9.59 Å². The van der Waals surface area contributed by atoms with Gasteiger partial charge in [-0.05, 0) is 56.3 Å². The summed E-state index contributed by atoms with van der Waals surface area (Å²) in [6.45, 7) is 2.84. The molecule has 0 saturated carbocycles. The summed E-state index contributed by atoms with van der Waals surface area (Å²) in [7, 11) is 3.89. The van der Waals surface area contributed by atoms with Gasteiger partial charge in [-0.3, -0.25) is 14.2 Å². The van der Waals surface area contributed by atoms with Gasteiger partial charge in [-0.25, -0.2) is 4.98 Å². The molecule has 1 unspecified atom stereocenters. The smallest absolute Gasteiger partial charge is 0.263 e. The third-order valence-electron chi connectivity index (χ3n) is 5.05. The number of rotatable bonds is 5. The molecule has 1 aliphatic rings. The van der Waals surface area contributed by atoms with Crippen LogP contribution in [0.15, 0.2) is 22.3 Å². The summed E-state index contributed by atoms with van der Waals surface area (Å²) in [5, 5.41) is 2.62. The maximum atomic E-state index is 13.4. The highest BCUT2D eigenvalue weighted by Crippen LogP contribution is 2.35. The summed E-state index contributed by atoms with van der Waals surface area (Å²) in [4.78, 5) is 35.7. The van der Waals surface area contributed by atoms with Gasteiger partial charge in [0.1, 0.15) is 10.7 Å². The zero-order chi connectivity index (χ0) is 19.1. The lowest BCUT2D eigenvalue weighted by molar-refractivity contribution is 0.0972. The van der Waals surface area contributed by atoms with E-state index in [-0.39, 0.29) is 17.9 Å². The molecule has 7 heteroatoms. The minimum atomic E-state index is -0.0613. The van der Waals surface area contributed by atoms with Crippen LogP contribution < -0.4 is 5.56 Å². The van der Waals surface area contributed by atoms with Crippen LogP contribution in [-0.4, -0.2) is 34.3 Å². The maximum Gasteiger partial charge on any atom is 0.263 e. The average Bonchev–Trinajstić information content (AvgIpc) is 3.24. The Bertz CT molecular complexity index is 1050. The summed E-state index contributed by atoms with van der Waals surface area (Å²) in [5.74, 6) is 1.27. The number of nitrogens with zero attached hydrogens (tertiary/aromatic N) is 3. The predicted molar refractivity (Wildman–Crippen MR) is 111 cm³/mol. The number of Topliss-reactive ketones (excluding diaryl/α,β-unsaturated/α-hetero) is 1. The van der Waals surface area contributed by atoms with E-state index in [1.807, 2.05) is 36.5 Å². The summed E-state index contributed by atoms with van der Waals surface area (Å²) in [5.41, 5.74) is 1.10. The van der Waals surface area contributed by atoms with Crippen LogP contribution in [0.1, 0.15) is 39.3 Å². The number of aromatic nitrogens is 2. The van der Waals surface area contributed by atoms with E-state index in [0.717, 1.165) is 29.5 Å². The second-order valence-corrected chi connectivity index (χ2v) is 9.62. The molecule has 0 bridgehead atoms. The molecule has 4 rings (SSSR count). The van der Waals surface area contributed by atoms with Crippen molar-refractivity contribution in [1.82, 2.24) is 14.5 Å². The van der Waals surface area contributed by atoms with Crippen molar-refractivity contribution in [1.29, 1.82) is 0 Å². The summed E-state index contributed by atoms with van der Waals surface area (Å²) < 4.78 is 1.59. The first-order chi connectivity index (χ1) is 12.9. The van der Waals surface area contributed by atoms with Crippen molar-refractivity contribution in [2.24, 2.45) is 5.92 Å². The van der Waals surface area contributed by atoms with Crippen LogP contribution in [0.2, 0.25) is 0 Å². The molecule has 3 aromatic heterocycles. The van der Waals surface area contributed by atoms with Crippen molar-refractivity contribution in [2.75, 3.05) is 14.1 Å². The fraction of sp³-hybridized carbons (Fsp3) is 0.450. The first-order valence-electron chi connectivity index (χ1n) is 9.19. The number of carbonyl (C=O) groups is 1. The molecule has 0 radical (unpaired) electrons. The van der Waals surface area contributed by atoms with Gasteiger partial charge in [0.2, 0.25) is 0 Å². The van der Waals surface area contributed by atoms with Crippen molar-refractivity contribution in [3.05, 3.63) is 49.0 Å². The zero-order valence-corrected chi connectivity index (χ0v) is 17.5. The van der Waals surface area contributed by atoms with Crippen molar-refractivity contribution < 1.29 is 4.79 Å². The van der Waals surface area contributed by atoms with Crippen LogP contribution in [-0.2, 0) is 25.9 Å².